The second kappa shape index (κ2) is 12.2. The van der Waals surface area contributed by atoms with Gasteiger partial charge in [-0.15, -0.1) is 0 Å². The van der Waals surface area contributed by atoms with E-state index >= 15 is 0 Å². The maximum atomic E-state index is 14.7. The minimum absolute atomic E-state index is 0.0553. The lowest BCUT2D eigenvalue weighted by molar-refractivity contribution is 0.0556. The highest BCUT2D eigenvalue weighted by atomic mass is 35.5. The van der Waals surface area contributed by atoms with Gasteiger partial charge in [0.15, 0.2) is 0 Å². The number of methoxy groups -OCH3 is 1. The van der Waals surface area contributed by atoms with E-state index in [0.29, 0.717) is 34.9 Å². The Hall–Kier alpha value is -1.71. The molecule has 10 heteroatoms. The van der Waals surface area contributed by atoms with E-state index in [0.717, 1.165) is 49.9 Å². The number of halogens is 3. The van der Waals surface area contributed by atoms with E-state index in [1.165, 1.54) is 12.3 Å². The van der Waals surface area contributed by atoms with Crippen molar-refractivity contribution >= 4 is 40.1 Å². The van der Waals surface area contributed by atoms with E-state index < -0.39 is 22.7 Å². The fourth-order valence-electron chi connectivity index (χ4n) is 4.75. The van der Waals surface area contributed by atoms with Crippen molar-refractivity contribution in [1.82, 2.24) is 9.62 Å². The Balaban J connectivity index is 1.39. The number of piperidine rings is 1. The van der Waals surface area contributed by atoms with Crippen molar-refractivity contribution in [3.05, 3.63) is 62.9 Å². The smallest absolute Gasteiger partial charge is 0.265 e. The van der Waals surface area contributed by atoms with Crippen molar-refractivity contribution < 1.29 is 22.9 Å². The molecule has 0 bridgehead atoms. The molecule has 1 aliphatic carbocycles. The van der Waals surface area contributed by atoms with Crippen LogP contribution in [0.1, 0.15) is 59.1 Å². The molecule has 4 rings (SSSR count). The van der Waals surface area contributed by atoms with Gasteiger partial charge in [0.2, 0.25) is 0 Å². The zero-order chi connectivity index (χ0) is 25.8. The molecule has 0 radical (unpaired) electrons. The maximum absolute atomic E-state index is 14.7. The lowest BCUT2D eigenvalue weighted by Crippen LogP contribution is -2.39. The molecule has 1 N–H and O–H groups in total. The second-order valence-corrected chi connectivity index (χ2v) is 11.5. The highest BCUT2D eigenvalue weighted by Gasteiger charge is 2.31. The van der Waals surface area contributed by atoms with Gasteiger partial charge in [-0.3, -0.25) is 14.4 Å². The van der Waals surface area contributed by atoms with Crippen molar-refractivity contribution in [3.8, 4) is 5.75 Å². The Bertz CT molecular complexity index is 1100. The van der Waals surface area contributed by atoms with Crippen molar-refractivity contribution in [2.45, 2.75) is 37.6 Å². The summed E-state index contributed by atoms with van der Waals surface area (Å²) in [5, 5.41) is 1.21. The fraction of sp³-hybridized carbons (Fsp3) is 0.500. The van der Waals surface area contributed by atoms with E-state index in [1.54, 1.807) is 19.2 Å². The quantitative estimate of drug-likeness (QED) is 0.417. The fourth-order valence-corrected chi connectivity index (χ4v) is 5.66. The minimum atomic E-state index is -1.56. The third-order valence-corrected chi connectivity index (χ3v) is 7.67. The Kier molecular flexibility index (Phi) is 9.28. The third kappa shape index (κ3) is 6.98. The van der Waals surface area contributed by atoms with Crippen LogP contribution < -0.4 is 9.46 Å². The number of nitrogens with one attached hydrogen (secondary N) is 1. The number of nitrogens with zero attached hydrogens (tertiary/aromatic N) is 1. The Morgan fingerprint density at radius 3 is 2.39 bits per heavy atom. The maximum Gasteiger partial charge on any atom is 0.265 e. The topological polar surface area (TPSA) is 67.9 Å². The molecule has 0 spiro atoms. The number of ether oxygens (including phenoxy) is 2. The first-order valence-corrected chi connectivity index (χ1v) is 14.4. The Morgan fingerprint density at radius 1 is 1.14 bits per heavy atom. The molecule has 1 amide bonds. The zero-order valence-corrected chi connectivity index (χ0v) is 22.7. The molecule has 36 heavy (non-hydrogen) atoms. The largest absolute Gasteiger partial charge is 0.493 e. The summed E-state index contributed by atoms with van der Waals surface area (Å²) in [5.74, 6) is -0.263. The highest BCUT2D eigenvalue weighted by molar-refractivity contribution is 7.82. The Morgan fingerprint density at radius 2 is 1.81 bits per heavy atom. The molecule has 196 valence electrons. The van der Waals surface area contributed by atoms with Crippen molar-refractivity contribution in [3.63, 3.8) is 0 Å². The van der Waals surface area contributed by atoms with Crippen LogP contribution in [-0.4, -0.2) is 54.7 Å². The monoisotopic (exact) mass is 556 g/mol. The van der Waals surface area contributed by atoms with Gasteiger partial charge in [0, 0.05) is 29.5 Å². The number of amides is 1. The number of hydrogen-bond donors (Lipinski definition) is 1. The average molecular weight is 558 g/mol. The first-order valence-electron chi connectivity index (χ1n) is 12.0. The number of carbonyl (C=O) groups excluding carboxylic acids is 1. The zero-order valence-electron chi connectivity index (χ0n) is 20.4. The van der Waals surface area contributed by atoms with Gasteiger partial charge in [0.1, 0.15) is 22.6 Å². The minimum Gasteiger partial charge on any atom is -0.493 e. The molecule has 1 heterocycles. The van der Waals surface area contributed by atoms with Gasteiger partial charge in [-0.1, -0.05) is 23.2 Å². The van der Waals surface area contributed by atoms with Crippen LogP contribution in [0.15, 0.2) is 30.3 Å². The molecule has 1 saturated carbocycles. The van der Waals surface area contributed by atoms with Gasteiger partial charge in [-0.05, 0) is 86.0 Å². The predicted molar refractivity (Wildman–Crippen MR) is 141 cm³/mol. The van der Waals surface area contributed by atoms with Gasteiger partial charge in [-0.2, -0.15) is 0 Å². The number of likely N-dealkylation sites (tertiary alicyclic amines) is 1. The molecule has 2 atom stereocenters. The number of carbonyl (C=O) groups is 1. The van der Waals surface area contributed by atoms with Gasteiger partial charge in [-0.25, -0.2) is 8.60 Å². The number of hydrogen-bond acceptors (Lipinski definition) is 5. The summed E-state index contributed by atoms with van der Waals surface area (Å²) in [6, 6.07) is 8.50. The van der Waals surface area contributed by atoms with Gasteiger partial charge in [0.25, 0.3) is 5.91 Å². The molecule has 2 aromatic rings. The van der Waals surface area contributed by atoms with Crippen LogP contribution in [-0.2, 0) is 15.7 Å². The lowest BCUT2D eigenvalue weighted by Gasteiger charge is -2.37. The summed E-state index contributed by atoms with van der Waals surface area (Å²) >= 11 is 12.5. The van der Waals surface area contributed by atoms with E-state index in [2.05, 4.69) is 9.62 Å². The summed E-state index contributed by atoms with van der Waals surface area (Å²) in [5.41, 5.74) is 1.78. The van der Waals surface area contributed by atoms with E-state index in [4.69, 9.17) is 32.7 Å². The summed E-state index contributed by atoms with van der Waals surface area (Å²) in [7, 11) is 0.124. The molecule has 2 aliphatic rings. The van der Waals surface area contributed by atoms with Crippen LogP contribution in [0, 0.1) is 11.7 Å². The third-order valence-electron chi connectivity index (χ3n) is 6.76. The van der Waals surface area contributed by atoms with Gasteiger partial charge >= 0.3 is 0 Å². The van der Waals surface area contributed by atoms with E-state index in [-0.39, 0.29) is 17.5 Å². The van der Waals surface area contributed by atoms with Gasteiger partial charge < -0.3 is 9.47 Å². The molecule has 2 aromatic carbocycles. The van der Waals surface area contributed by atoms with E-state index in [1.807, 2.05) is 12.1 Å². The van der Waals surface area contributed by atoms with Crippen molar-refractivity contribution in [1.29, 1.82) is 0 Å². The summed E-state index contributed by atoms with van der Waals surface area (Å²) < 4.78 is 39.9. The average Bonchev–Trinajstić information content (AvgIpc) is 3.66. The molecule has 2 fully saturated rings. The Labute approximate surface area is 224 Å². The van der Waals surface area contributed by atoms with Crippen LogP contribution in [0.4, 0.5) is 4.39 Å². The molecular formula is C26H31Cl2FN2O4S. The predicted octanol–water partition coefficient (Wildman–Crippen LogP) is 5.51. The lowest BCUT2D eigenvalue weighted by atomic mass is 9.95. The molecule has 1 saturated heterocycles. The molecular weight excluding hydrogens is 526 g/mol. The second-order valence-electron chi connectivity index (χ2n) is 9.49. The first-order chi connectivity index (χ1) is 17.2. The SMILES string of the molecule is COCC(c1cc(Cl)cc(Cl)c1)N1CCC(COc2cc(F)c(C(=O)NS(C)=O)cc2C2CC2)CC1. The molecule has 6 nitrogen and oxygen atoms in total. The summed E-state index contributed by atoms with van der Waals surface area (Å²) in [6.45, 7) is 2.75. The first kappa shape index (κ1) is 27.3. The van der Waals surface area contributed by atoms with E-state index in [9.17, 15) is 13.4 Å². The molecule has 1 aliphatic heterocycles. The van der Waals surface area contributed by atoms with Crippen LogP contribution in [0.5, 0.6) is 5.75 Å². The molecule has 2 unspecified atom stereocenters. The number of benzene rings is 2. The standard InChI is InChI=1S/C26H31Cl2FN2O4S/c1-34-15-24(18-9-19(27)11-20(28)10-18)31-7-5-16(6-8-31)14-35-25-13-23(29)22(26(32)30-36(2)33)12-21(25)17-3-4-17/h9-13,16-17,24H,3-8,14-15H2,1-2H3,(H,30,32). The summed E-state index contributed by atoms with van der Waals surface area (Å²) in [6.07, 6.45) is 5.16. The summed E-state index contributed by atoms with van der Waals surface area (Å²) in [4.78, 5) is 14.6. The normalized spacial score (nSPS) is 18.6. The van der Waals surface area contributed by atoms with Crippen LogP contribution in [0.2, 0.25) is 10.0 Å². The van der Waals surface area contributed by atoms with Crippen LogP contribution in [0.3, 0.4) is 0 Å². The van der Waals surface area contributed by atoms with Crippen LogP contribution >= 0.6 is 23.2 Å². The van der Waals surface area contributed by atoms with Crippen molar-refractivity contribution in [2.75, 3.05) is 39.7 Å². The van der Waals surface area contributed by atoms with Gasteiger partial charge in [0.05, 0.1) is 24.8 Å². The number of rotatable bonds is 10. The molecule has 0 aromatic heterocycles. The van der Waals surface area contributed by atoms with Crippen molar-refractivity contribution in [2.24, 2.45) is 5.92 Å². The highest BCUT2D eigenvalue weighted by Crippen LogP contribution is 2.45. The van der Waals surface area contributed by atoms with Crippen LogP contribution in [0.25, 0.3) is 0 Å².